The predicted octanol–water partition coefficient (Wildman–Crippen LogP) is 2.87. The summed E-state index contributed by atoms with van der Waals surface area (Å²) in [6.07, 6.45) is 0.957. The lowest BCUT2D eigenvalue weighted by Crippen LogP contribution is -2.03. The van der Waals surface area contributed by atoms with Crippen LogP contribution < -0.4 is 4.74 Å². The van der Waals surface area contributed by atoms with Crippen LogP contribution in [0.4, 0.5) is 0 Å². The second-order valence-corrected chi connectivity index (χ2v) is 4.16. The lowest BCUT2D eigenvalue weighted by Gasteiger charge is -2.08. The van der Waals surface area contributed by atoms with Crippen LogP contribution in [0.15, 0.2) is 30.3 Å². The molecule has 0 aliphatic rings. The molecule has 3 nitrogen and oxygen atoms in total. The lowest BCUT2D eigenvalue weighted by atomic mass is 10.2. The van der Waals surface area contributed by atoms with Crippen LogP contribution in [0.3, 0.4) is 0 Å². The molecule has 90 valence electrons. The predicted molar refractivity (Wildman–Crippen MR) is 68.1 cm³/mol. The van der Waals surface area contributed by atoms with Crippen LogP contribution in [0, 0.1) is 6.92 Å². The molecular formula is C14H18N2O. The molecule has 0 amide bonds. The van der Waals surface area contributed by atoms with Gasteiger partial charge in [-0.2, -0.15) is 5.10 Å². The van der Waals surface area contributed by atoms with Gasteiger partial charge in [0.05, 0.1) is 11.4 Å². The van der Waals surface area contributed by atoms with Crippen LogP contribution in [0.2, 0.25) is 0 Å². The Labute approximate surface area is 102 Å². The Morgan fingerprint density at radius 1 is 1.29 bits per heavy atom. The Morgan fingerprint density at radius 3 is 2.71 bits per heavy atom. The van der Waals surface area contributed by atoms with Gasteiger partial charge in [-0.05, 0) is 31.0 Å². The zero-order chi connectivity index (χ0) is 12.3. The van der Waals surface area contributed by atoms with Crippen LogP contribution in [0.25, 0.3) is 0 Å². The molecule has 0 aliphatic carbocycles. The molecule has 0 unspecified atom stereocenters. The highest BCUT2D eigenvalue weighted by Crippen LogP contribution is 2.18. The van der Waals surface area contributed by atoms with Crippen LogP contribution in [-0.4, -0.2) is 9.78 Å². The molecule has 0 fully saturated rings. The third-order valence-electron chi connectivity index (χ3n) is 2.86. The Balaban J connectivity index is 2.07. The second kappa shape index (κ2) is 5.04. The van der Waals surface area contributed by atoms with Gasteiger partial charge in [0.25, 0.3) is 0 Å². The van der Waals surface area contributed by atoms with Crippen LogP contribution in [-0.2, 0) is 20.1 Å². The number of aromatic nitrogens is 2. The van der Waals surface area contributed by atoms with Gasteiger partial charge in [0, 0.05) is 7.05 Å². The maximum atomic E-state index is 5.80. The van der Waals surface area contributed by atoms with E-state index in [1.54, 1.807) is 0 Å². The maximum absolute atomic E-state index is 5.80. The van der Waals surface area contributed by atoms with E-state index in [9.17, 15) is 0 Å². The highest BCUT2D eigenvalue weighted by molar-refractivity contribution is 5.31. The molecule has 2 rings (SSSR count). The summed E-state index contributed by atoms with van der Waals surface area (Å²) in [6.45, 7) is 4.72. The zero-order valence-electron chi connectivity index (χ0n) is 10.6. The van der Waals surface area contributed by atoms with Gasteiger partial charge in [0.1, 0.15) is 12.4 Å². The van der Waals surface area contributed by atoms with Crippen molar-refractivity contribution in [2.75, 3.05) is 0 Å². The average Bonchev–Trinajstić information content (AvgIpc) is 2.69. The number of aryl methyl sites for hydroxylation is 3. The van der Waals surface area contributed by atoms with Crippen LogP contribution >= 0.6 is 0 Å². The molecule has 3 heteroatoms. The van der Waals surface area contributed by atoms with Gasteiger partial charge in [-0.3, -0.25) is 4.68 Å². The molecule has 0 radical (unpaired) electrons. The Morgan fingerprint density at radius 2 is 2.06 bits per heavy atom. The van der Waals surface area contributed by atoms with E-state index in [2.05, 4.69) is 31.1 Å². The highest BCUT2D eigenvalue weighted by Gasteiger charge is 2.05. The van der Waals surface area contributed by atoms with E-state index in [4.69, 9.17) is 4.74 Å². The summed E-state index contributed by atoms with van der Waals surface area (Å²) in [4.78, 5) is 0. The van der Waals surface area contributed by atoms with Gasteiger partial charge >= 0.3 is 0 Å². The van der Waals surface area contributed by atoms with Gasteiger partial charge in [-0.25, -0.2) is 0 Å². The monoisotopic (exact) mass is 230 g/mol. The van der Waals surface area contributed by atoms with Gasteiger partial charge < -0.3 is 4.74 Å². The van der Waals surface area contributed by atoms with Crippen molar-refractivity contribution in [1.82, 2.24) is 9.78 Å². The highest BCUT2D eigenvalue weighted by atomic mass is 16.5. The van der Waals surface area contributed by atoms with E-state index >= 15 is 0 Å². The first-order valence-corrected chi connectivity index (χ1v) is 5.91. The van der Waals surface area contributed by atoms with E-state index in [1.807, 2.05) is 29.9 Å². The molecule has 1 aromatic carbocycles. The molecule has 0 saturated carbocycles. The summed E-state index contributed by atoms with van der Waals surface area (Å²) in [5.41, 5.74) is 3.37. The average molecular weight is 230 g/mol. The molecule has 0 bridgehead atoms. The lowest BCUT2D eigenvalue weighted by molar-refractivity contribution is 0.293. The van der Waals surface area contributed by atoms with Gasteiger partial charge in [-0.15, -0.1) is 0 Å². The second-order valence-electron chi connectivity index (χ2n) is 4.16. The van der Waals surface area contributed by atoms with Gasteiger partial charge in [0.2, 0.25) is 0 Å². The van der Waals surface area contributed by atoms with Crippen molar-refractivity contribution in [3.8, 4) is 5.75 Å². The van der Waals surface area contributed by atoms with Crippen molar-refractivity contribution in [3.63, 3.8) is 0 Å². The SMILES string of the molecule is CCc1cc(COc2ccccc2C)n(C)n1. The zero-order valence-corrected chi connectivity index (χ0v) is 10.6. The first-order valence-electron chi connectivity index (χ1n) is 5.91. The van der Waals surface area contributed by atoms with Crippen molar-refractivity contribution in [2.45, 2.75) is 26.9 Å². The van der Waals surface area contributed by atoms with Crippen molar-refractivity contribution >= 4 is 0 Å². The normalized spacial score (nSPS) is 10.5. The van der Waals surface area contributed by atoms with Crippen molar-refractivity contribution in [1.29, 1.82) is 0 Å². The van der Waals surface area contributed by atoms with Crippen molar-refractivity contribution in [2.24, 2.45) is 7.05 Å². The van der Waals surface area contributed by atoms with E-state index in [0.29, 0.717) is 6.61 Å². The topological polar surface area (TPSA) is 27.1 Å². The fourth-order valence-electron chi connectivity index (χ4n) is 1.75. The fourth-order valence-corrected chi connectivity index (χ4v) is 1.75. The maximum Gasteiger partial charge on any atom is 0.130 e. The standard InChI is InChI=1S/C14H18N2O/c1-4-12-9-13(16(3)15-12)10-17-14-8-6-5-7-11(14)2/h5-9H,4,10H2,1-3H3. The fraction of sp³-hybridized carbons (Fsp3) is 0.357. The van der Waals surface area contributed by atoms with Crippen molar-refractivity contribution < 1.29 is 4.74 Å². The first-order chi connectivity index (χ1) is 8.20. The first kappa shape index (κ1) is 11.7. The summed E-state index contributed by atoms with van der Waals surface area (Å²) < 4.78 is 7.69. The Bertz CT molecular complexity index is 503. The third kappa shape index (κ3) is 2.67. The minimum Gasteiger partial charge on any atom is -0.487 e. The van der Waals surface area contributed by atoms with Crippen molar-refractivity contribution in [3.05, 3.63) is 47.3 Å². The molecular weight excluding hydrogens is 212 g/mol. The molecule has 1 aromatic heterocycles. The summed E-state index contributed by atoms with van der Waals surface area (Å²) in [7, 11) is 1.95. The van der Waals surface area contributed by atoms with Crippen LogP contribution in [0.5, 0.6) is 5.75 Å². The number of ether oxygens (including phenoxy) is 1. The summed E-state index contributed by atoms with van der Waals surface area (Å²) >= 11 is 0. The van der Waals surface area contributed by atoms with Gasteiger partial charge in [0.15, 0.2) is 0 Å². The summed E-state index contributed by atoms with van der Waals surface area (Å²) in [6, 6.07) is 10.1. The van der Waals surface area contributed by atoms with E-state index in [0.717, 1.165) is 29.1 Å². The van der Waals surface area contributed by atoms with E-state index in [1.165, 1.54) is 0 Å². The van der Waals surface area contributed by atoms with E-state index < -0.39 is 0 Å². The van der Waals surface area contributed by atoms with Crippen LogP contribution in [0.1, 0.15) is 23.9 Å². The van der Waals surface area contributed by atoms with Gasteiger partial charge in [-0.1, -0.05) is 25.1 Å². The smallest absolute Gasteiger partial charge is 0.130 e. The Kier molecular flexibility index (Phi) is 3.47. The molecule has 1 heterocycles. The summed E-state index contributed by atoms with van der Waals surface area (Å²) in [5.74, 6) is 0.937. The molecule has 17 heavy (non-hydrogen) atoms. The quantitative estimate of drug-likeness (QED) is 0.807. The number of benzene rings is 1. The minimum absolute atomic E-state index is 0.564. The molecule has 0 aliphatic heterocycles. The van der Waals surface area contributed by atoms with E-state index in [-0.39, 0.29) is 0 Å². The number of rotatable bonds is 4. The molecule has 0 saturated heterocycles. The summed E-state index contributed by atoms with van der Waals surface area (Å²) in [5, 5.41) is 4.40. The number of nitrogens with zero attached hydrogens (tertiary/aromatic N) is 2. The minimum atomic E-state index is 0.564. The molecule has 0 spiro atoms. The molecule has 0 atom stereocenters. The molecule has 0 N–H and O–H groups in total. The number of para-hydroxylation sites is 1. The largest absolute Gasteiger partial charge is 0.487 e. The number of hydrogen-bond acceptors (Lipinski definition) is 2. The number of hydrogen-bond donors (Lipinski definition) is 0. The molecule has 2 aromatic rings. The third-order valence-corrected chi connectivity index (χ3v) is 2.86. The Hall–Kier alpha value is -1.77.